The maximum atomic E-state index is 11.7. The summed E-state index contributed by atoms with van der Waals surface area (Å²) in [5.74, 6) is -0.250. The van der Waals surface area contributed by atoms with Crippen LogP contribution in [0.25, 0.3) is 0 Å². The Kier molecular flexibility index (Phi) is 6.08. The fourth-order valence-electron chi connectivity index (χ4n) is 2.27. The molecule has 118 valence electrons. The molecule has 0 aliphatic carbocycles. The first kappa shape index (κ1) is 16.3. The maximum Gasteiger partial charge on any atom is 0.319 e. The summed E-state index contributed by atoms with van der Waals surface area (Å²) in [5.41, 5.74) is 0.740. The number of ether oxygens (including phenoxy) is 2. The minimum atomic E-state index is -0.331. The summed E-state index contributed by atoms with van der Waals surface area (Å²) >= 11 is 1.35. The summed E-state index contributed by atoms with van der Waals surface area (Å²) in [4.78, 5) is 16.0. The van der Waals surface area contributed by atoms with E-state index in [-0.39, 0.29) is 23.9 Å². The molecule has 1 N–H and O–H groups in total. The van der Waals surface area contributed by atoms with E-state index >= 15 is 0 Å². The number of thioether (sulfide) groups is 1. The summed E-state index contributed by atoms with van der Waals surface area (Å²) in [6, 6.07) is 0. The predicted molar refractivity (Wildman–Crippen MR) is 79.1 cm³/mol. The summed E-state index contributed by atoms with van der Waals surface area (Å²) in [6.45, 7) is 5.33. The van der Waals surface area contributed by atoms with Gasteiger partial charge in [-0.2, -0.15) is 0 Å². The number of rotatable bonds is 7. The van der Waals surface area contributed by atoms with Crippen LogP contribution in [0, 0.1) is 0 Å². The number of imidazole rings is 1. The molecule has 2 rings (SSSR count). The summed E-state index contributed by atoms with van der Waals surface area (Å²) in [6.07, 6.45) is 3.88. The van der Waals surface area contributed by atoms with Gasteiger partial charge in [0.25, 0.3) is 0 Å². The van der Waals surface area contributed by atoms with E-state index in [1.807, 2.05) is 4.57 Å². The average molecular weight is 314 g/mol. The third-order valence-electron chi connectivity index (χ3n) is 3.37. The normalized spacial score (nSPS) is 19.7. The zero-order chi connectivity index (χ0) is 15.2. The average Bonchev–Trinajstić information content (AvgIpc) is 3.10. The van der Waals surface area contributed by atoms with Gasteiger partial charge in [0.2, 0.25) is 0 Å². The van der Waals surface area contributed by atoms with Crippen molar-refractivity contribution in [3.63, 3.8) is 0 Å². The lowest BCUT2D eigenvalue weighted by Crippen LogP contribution is -2.20. The van der Waals surface area contributed by atoms with Gasteiger partial charge in [-0.15, -0.1) is 0 Å². The standard InChI is InChI=1S/C14H22N2O4S/c1-3-19-13(18)10(2)21-14-15-7-11(9-17)16(14)8-12-5-4-6-20-12/h7,10,12,17H,3-6,8-9H2,1-2H3. The monoisotopic (exact) mass is 314 g/mol. The minimum Gasteiger partial charge on any atom is -0.465 e. The highest BCUT2D eigenvalue weighted by atomic mass is 32.2. The van der Waals surface area contributed by atoms with Crippen LogP contribution in [-0.2, 0) is 27.4 Å². The number of aliphatic hydroxyl groups is 1. The Hall–Kier alpha value is -1.05. The Morgan fingerprint density at radius 3 is 3.14 bits per heavy atom. The first-order chi connectivity index (χ1) is 10.2. The Bertz CT molecular complexity index is 472. The second-order valence-electron chi connectivity index (χ2n) is 4.95. The number of hydrogen-bond acceptors (Lipinski definition) is 6. The molecule has 0 spiro atoms. The van der Waals surface area contributed by atoms with Gasteiger partial charge in [-0.1, -0.05) is 11.8 Å². The first-order valence-electron chi connectivity index (χ1n) is 7.25. The van der Waals surface area contributed by atoms with Crippen molar-refractivity contribution in [2.45, 2.75) is 56.4 Å². The fraction of sp³-hybridized carbons (Fsp3) is 0.714. The van der Waals surface area contributed by atoms with Gasteiger partial charge in [-0.25, -0.2) is 4.98 Å². The second kappa shape index (κ2) is 7.82. The number of carbonyl (C=O) groups excluding carboxylic acids is 1. The van der Waals surface area contributed by atoms with Gasteiger partial charge in [0.15, 0.2) is 5.16 Å². The molecule has 0 amide bonds. The van der Waals surface area contributed by atoms with Crippen LogP contribution in [0.15, 0.2) is 11.4 Å². The van der Waals surface area contributed by atoms with E-state index in [9.17, 15) is 9.90 Å². The largest absolute Gasteiger partial charge is 0.465 e. The first-order valence-corrected chi connectivity index (χ1v) is 8.13. The second-order valence-corrected chi connectivity index (χ2v) is 6.26. The molecule has 1 aromatic rings. The number of esters is 1. The summed E-state index contributed by atoms with van der Waals surface area (Å²) in [7, 11) is 0. The van der Waals surface area contributed by atoms with Gasteiger partial charge in [-0.05, 0) is 26.7 Å². The molecular formula is C14H22N2O4S. The smallest absolute Gasteiger partial charge is 0.319 e. The quantitative estimate of drug-likeness (QED) is 0.609. The molecule has 0 radical (unpaired) electrons. The third kappa shape index (κ3) is 4.21. The van der Waals surface area contributed by atoms with Crippen molar-refractivity contribution in [1.82, 2.24) is 9.55 Å². The number of nitrogens with zero attached hydrogens (tertiary/aromatic N) is 2. The predicted octanol–water partition coefficient (Wildman–Crippen LogP) is 1.60. The Balaban J connectivity index is 2.07. The van der Waals surface area contributed by atoms with E-state index in [1.165, 1.54) is 11.8 Å². The summed E-state index contributed by atoms with van der Waals surface area (Å²) in [5, 5.41) is 9.82. The van der Waals surface area contributed by atoms with Gasteiger partial charge in [0.1, 0.15) is 5.25 Å². The van der Waals surface area contributed by atoms with Gasteiger partial charge in [0, 0.05) is 6.61 Å². The number of aliphatic hydroxyl groups excluding tert-OH is 1. The molecule has 2 atom stereocenters. The Morgan fingerprint density at radius 1 is 1.71 bits per heavy atom. The van der Waals surface area contributed by atoms with Gasteiger partial charge < -0.3 is 19.1 Å². The van der Waals surface area contributed by atoms with Crippen LogP contribution in [0.5, 0.6) is 0 Å². The molecule has 21 heavy (non-hydrogen) atoms. The number of carbonyl (C=O) groups is 1. The van der Waals surface area contributed by atoms with Crippen molar-refractivity contribution < 1.29 is 19.4 Å². The molecule has 1 saturated heterocycles. The molecule has 0 bridgehead atoms. The molecule has 6 nitrogen and oxygen atoms in total. The van der Waals surface area contributed by atoms with E-state index in [4.69, 9.17) is 9.47 Å². The molecule has 1 aromatic heterocycles. The van der Waals surface area contributed by atoms with E-state index in [0.29, 0.717) is 13.2 Å². The molecule has 1 aliphatic heterocycles. The molecular weight excluding hydrogens is 292 g/mol. The van der Waals surface area contributed by atoms with Crippen LogP contribution in [0.4, 0.5) is 0 Å². The van der Waals surface area contributed by atoms with Crippen molar-refractivity contribution in [3.05, 3.63) is 11.9 Å². The highest BCUT2D eigenvalue weighted by Gasteiger charge is 2.23. The van der Waals surface area contributed by atoms with E-state index in [1.54, 1.807) is 20.0 Å². The van der Waals surface area contributed by atoms with Crippen molar-refractivity contribution in [1.29, 1.82) is 0 Å². The van der Waals surface area contributed by atoms with Gasteiger partial charge in [-0.3, -0.25) is 4.79 Å². The van der Waals surface area contributed by atoms with Crippen LogP contribution < -0.4 is 0 Å². The Morgan fingerprint density at radius 2 is 2.52 bits per heavy atom. The fourth-order valence-corrected chi connectivity index (χ4v) is 3.18. The topological polar surface area (TPSA) is 73.6 Å². The molecule has 2 unspecified atom stereocenters. The molecule has 2 heterocycles. The SMILES string of the molecule is CCOC(=O)C(C)Sc1ncc(CO)n1CC1CCCO1. The molecule has 1 aliphatic rings. The maximum absolute atomic E-state index is 11.7. The summed E-state index contributed by atoms with van der Waals surface area (Å²) < 4.78 is 12.6. The van der Waals surface area contributed by atoms with Crippen LogP contribution >= 0.6 is 11.8 Å². The third-order valence-corrected chi connectivity index (χ3v) is 4.46. The molecule has 0 saturated carbocycles. The molecule has 7 heteroatoms. The van der Waals surface area contributed by atoms with Crippen LogP contribution in [0.3, 0.4) is 0 Å². The lowest BCUT2D eigenvalue weighted by molar-refractivity contribution is -0.142. The van der Waals surface area contributed by atoms with Crippen LogP contribution in [0.1, 0.15) is 32.4 Å². The highest BCUT2D eigenvalue weighted by molar-refractivity contribution is 8.00. The number of hydrogen-bond donors (Lipinski definition) is 1. The molecule has 0 aromatic carbocycles. The number of aromatic nitrogens is 2. The Labute approximate surface area is 128 Å². The van der Waals surface area contributed by atoms with Gasteiger partial charge in [0.05, 0.1) is 37.8 Å². The van der Waals surface area contributed by atoms with E-state index < -0.39 is 0 Å². The van der Waals surface area contributed by atoms with Crippen LogP contribution in [-0.4, -0.2) is 45.2 Å². The van der Waals surface area contributed by atoms with E-state index in [0.717, 1.165) is 30.3 Å². The van der Waals surface area contributed by atoms with Crippen molar-refractivity contribution in [2.75, 3.05) is 13.2 Å². The zero-order valence-electron chi connectivity index (χ0n) is 12.4. The lowest BCUT2D eigenvalue weighted by atomic mass is 10.2. The van der Waals surface area contributed by atoms with Gasteiger partial charge >= 0.3 is 5.97 Å². The van der Waals surface area contributed by atoms with E-state index in [2.05, 4.69) is 4.98 Å². The zero-order valence-corrected chi connectivity index (χ0v) is 13.3. The van der Waals surface area contributed by atoms with Crippen molar-refractivity contribution in [3.8, 4) is 0 Å². The molecule has 1 fully saturated rings. The van der Waals surface area contributed by atoms with Crippen molar-refractivity contribution in [2.24, 2.45) is 0 Å². The van der Waals surface area contributed by atoms with Crippen molar-refractivity contribution >= 4 is 17.7 Å². The van der Waals surface area contributed by atoms with Crippen LogP contribution in [0.2, 0.25) is 0 Å². The highest BCUT2D eigenvalue weighted by Crippen LogP contribution is 2.26. The minimum absolute atomic E-state index is 0.0753. The lowest BCUT2D eigenvalue weighted by Gasteiger charge is -2.16.